The van der Waals surface area contributed by atoms with Crippen LogP contribution in [0.3, 0.4) is 0 Å². The molecule has 0 aliphatic rings. The lowest BCUT2D eigenvalue weighted by Crippen LogP contribution is -2.12. The van der Waals surface area contributed by atoms with Gasteiger partial charge in [0.25, 0.3) is 0 Å². The predicted molar refractivity (Wildman–Crippen MR) is 89.2 cm³/mol. The molecule has 0 spiro atoms. The molecule has 116 valence electrons. The average molecular weight is 337 g/mol. The van der Waals surface area contributed by atoms with Crippen molar-refractivity contribution in [1.82, 2.24) is 0 Å². The van der Waals surface area contributed by atoms with Crippen molar-refractivity contribution in [1.29, 1.82) is 0 Å². The fourth-order valence-corrected chi connectivity index (χ4v) is 3.33. The van der Waals surface area contributed by atoms with Gasteiger partial charge in [-0.2, -0.15) is 0 Å². The molecule has 0 saturated carbocycles. The fourth-order valence-electron chi connectivity index (χ4n) is 2.13. The molecule has 0 aromatic heterocycles. The second-order valence-electron chi connectivity index (χ2n) is 5.05. The zero-order chi connectivity index (χ0) is 16.3. The first kappa shape index (κ1) is 16.7. The smallest absolute Gasteiger partial charge is 0.193 e. The SMILES string of the molecule is CCS(=O)(=O)C(C)c1ccc(C(=O)c2ccc(Cl)cc2)cc1. The molecule has 0 bridgehead atoms. The van der Waals surface area contributed by atoms with Gasteiger partial charge in [-0.3, -0.25) is 4.79 Å². The molecule has 2 aromatic carbocycles. The van der Waals surface area contributed by atoms with E-state index in [0.717, 1.165) is 0 Å². The van der Waals surface area contributed by atoms with Crippen molar-refractivity contribution in [2.24, 2.45) is 0 Å². The Labute approximate surface area is 135 Å². The van der Waals surface area contributed by atoms with Crippen molar-refractivity contribution < 1.29 is 13.2 Å². The van der Waals surface area contributed by atoms with Crippen LogP contribution in [-0.4, -0.2) is 20.0 Å². The van der Waals surface area contributed by atoms with E-state index in [4.69, 9.17) is 11.6 Å². The summed E-state index contributed by atoms with van der Waals surface area (Å²) < 4.78 is 23.8. The van der Waals surface area contributed by atoms with Gasteiger partial charge in [0.1, 0.15) is 0 Å². The number of hydrogen-bond donors (Lipinski definition) is 0. The zero-order valence-corrected chi connectivity index (χ0v) is 14.0. The highest BCUT2D eigenvalue weighted by Gasteiger charge is 2.20. The van der Waals surface area contributed by atoms with Crippen molar-refractivity contribution >= 4 is 27.2 Å². The zero-order valence-electron chi connectivity index (χ0n) is 12.4. The van der Waals surface area contributed by atoms with Crippen molar-refractivity contribution in [3.63, 3.8) is 0 Å². The largest absolute Gasteiger partial charge is 0.289 e. The minimum absolute atomic E-state index is 0.0968. The van der Waals surface area contributed by atoms with Gasteiger partial charge in [-0.25, -0.2) is 8.42 Å². The lowest BCUT2D eigenvalue weighted by Gasteiger charge is -2.12. The van der Waals surface area contributed by atoms with Crippen LogP contribution in [0.2, 0.25) is 5.02 Å². The molecule has 0 fully saturated rings. The molecule has 0 heterocycles. The van der Waals surface area contributed by atoms with E-state index in [9.17, 15) is 13.2 Å². The average Bonchev–Trinajstić information content (AvgIpc) is 2.54. The Morgan fingerprint density at radius 3 is 1.91 bits per heavy atom. The minimum atomic E-state index is -3.14. The van der Waals surface area contributed by atoms with Crippen LogP contribution in [0, 0.1) is 0 Å². The molecule has 1 atom stereocenters. The highest BCUT2D eigenvalue weighted by Crippen LogP contribution is 2.23. The van der Waals surface area contributed by atoms with E-state index in [2.05, 4.69) is 0 Å². The standard InChI is InChI=1S/C17H17ClO3S/c1-3-22(20,21)12(2)13-4-6-14(7-5-13)17(19)15-8-10-16(18)11-9-15/h4-12H,3H2,1-2H3. The molecule has 5 heteroatoms. The molecule has 2 rings (SSSR count). The Morgan fingerprint density at radius 1 is 1.00 bits per heavy atom. The lowest BCUT2D eigenvalue weighted by atomic mass is 10.0. The highest BCUT2D eigenvalue weighted by atomic mass is 35.5. The Hall–Kier alpha value is -1.65. The molecular formula is C17H17ClO3S. The Kier molecular flexibility index (Phi) is 5.04. The first-order chi connectivity index (χ1) is 10.3. The summed E-state index contributed by atoms with van der Waals surface area (Å²) in [5, 5.41) is 0.00248. The third-order valence-corrected chi connectivity index (χ3v) is 6.10. The maximum Gasteiger partial charge on any atom is 0.193 e. The van der Waals surface area contributed by atoms with Gasteiger partial charge in [0.15, 0.2) is 15.6 Å². The second-order valence-corrected chi connectivity index (χ2v) is 8.10. The van der Waals surface area contributed by atoms with Crippen molar-refractivity contribution in [2.75, 3.05) is 5.75 Å². The molecule has 0 aliphatic carbocycles. The number of benzene rings is 2. The molecule has 22 heavy (non-hydrogen) atoms. The third-order valence-electron chi connectivity index (χ3n) is 3.69. The number of halogens is 1. The minimum Gasteiger partial charge on any atom is -0.289 e. The summed E-state index contributed by atoms with van der Waals surface area (Å²) in [5.74, 6) is -0.0196. The lowest BCUT2D eigenvalue weighted by molar-refractivity contribution is 0.103. The van der Waals surface area contributed by atoms with Crippen LogP contribution >= 0.6 is 11.6 Å². The van der Waals surface area contributed by atoms with E-state index >= 15 is 0 Å². The summed E-state index contributed by atoms with van der Waals surface area (Å²) in [6.07, 6.45) is 0. The van der Waals surface area contributed by atoms with Gasteiger partial charge in [0.2, 0.25) is 0 Å². The molecule has 0 amide bonds. The van der Waals surface area contributed by atoms with Gasteiger partial charge >= 0.3 is 0 Å². The number of hydrogen-bond acceptors (Lipinski definition) is 3. The van der Waals surface area contributed by atoms with Crippen molar-refractivity contribution in [3.8, 4) is 0 Å². The summed E-state index contributed by atoms with van der Waals surface area (Å²) in [7, 11) is -3.14. The molecule has 2 aromatic rings. The van der Waals surface area contributed by atoms with Crippen LogP contribution in [0.4, 0.5) is 0 Å². The summed E-state index contributed by atoms with van der Waals surface area (Å²) in [6.45, 7) is 3.29. The quantitative estimate of drug-likeness (QED) is 0.773. The second kappa shape index (κ2) is 6.63. The van der Waals surface area contributed by atoms with Gasteiger partial charge in [0, 0.05) is 21.9 Å². The van der Waals surface area contributed by atoms with Crippen LogP contribution in [-0.2, 0) is 9.84 Å². The molecule has 0 N–H and O–H groups in total. The Balaban J connectivity index is 2.25. The van der Waals surface area contributed by atoms with E-state index in [1.54, 1.807) is 62.4 Å². The molecule has 3 nitrogen and oxygen atoms in total. The summed E-state index contributed by atoms with van der Waals surface area (Å²) in [4.78, 5) is 12.3. The van der Waals surface area contributed by atoms with Crippen LogP contribution in [0.1, 0.15) is 40.6 Å². The predicted octanol–water partition coefficient (Wildman–Crippen LogP) is 4.07. The highest BCUT2D eigenvalue weighted by molar-refractivity contribution is 7.91. The van der Waals surface area contributed by atoms with E-state index < -0.39 is 15.1 Å². The Morgan fingerprint density at radius 2 is 1.45 bits per heavy atom. The van der Waals surface area contributed by atoms with E-state index in [0.29, 0.717) is 21.7 Å². The molecule has 0 radical (unpaired) electrons. The normalized spacial score (nSPS) is 12.9. The van der Waals surface area contributed by atoms with Gasteiger partial charge in [0.05, 0.1) is 5.25 Å². The van der Waals surface area contributed by atoms with Gasteiger partial charge in [-0.1, -0.05) is 42.8 Å². The van der Waals surface area contributed by atoms with Crippen LogP contribution in [0.15, 0.2) is 48.5 Å². The summed E-state index contributed by atoms with van der Waals surface area (Å²) in [6, 6.07) is 13.4. The van der Waals surface area contributed by atoms with E-state index in [-0.39, 0.29) is 11.5 Å². The molecule has 0 aliphatic heterocycles. The van der Waals surface area contributed by atoms with E-state index in [1.165, 1.54) is 0 Å². The maximum atomic E-state index is 12.3. The van der Waals surface area contributed by atoms with E-state index in [1.807, 2.05) is 0 Å². The van der Waals surface area contributed by atoms with Gasteiger partial charge < -0.3 is 0 Å². The molecule has 1 unspecified atom stereocenters. The van der Waals surface area contributed by atoms with Crippen molar-refractivity contribution in [2.45, 2.75) is 19.1 Å². The topological polar surface area (TPSA) is 51.2 Å². The van der Waals surface area contributed by atoms with Crippen LogP contribution in [0.5, 0.6) is 0 Å². The Bertz CT molecular complexity index is 763. The number of carbonyl (C=O) groups excluding carboxylic acids is 1. The summed E-state index contributed by atoms with van der Waals surface area (Å²) >= 11 is 5.81. The molecular weight excluding hydrogens is 320 g/mol. The first-order valence-corrected chi connectivity index (χ1v) is 9.06. The van der Waals surface area contributed by atoms with Crippen LogP contribution in [0.25, 0.3) is 0 Å². The first-order valence-electron chi connectivity index (χ1n) is 6.97. The van der Waals surface area contributed by atoms with Crippen molar-refractivity contribution in [3.05, 3.63) is 70.2 Å². The number of carbonyl (C=O) groups is 1. The molecule has 0 saturated heterocycles. The number of rotatable bonds is 5. The number of ketones is 1. The van der Waals surface area contributed by atoms with Gasteiger partial charge in [-0.05, 0) is 36.8 Å². The fraction of sp³-hybridized carbons (Fsp3) is 0.235. The van der Waals surface area contributed by atoms with Gasteiger partial charge in [-0.15, -0.1) is 0 Å². The van der Waals surface area contributed by atoms with Crippen LogP contribution < -0.4 is 0 Å². The maximum absolute atomic E-state index is 12.3. The summed E-state index contributed by atoms with van der Waals surface area (Å²) in [5.41, 5.74) is 1.76. The monoisotopic (exact) mass is 336 g/mol. The third kappa shape index (κ3) is 3.57. The number of sulfone groups is 1.